The standard InChI is InChI=1S/C28H16N2O2S6/c1-3-15-5-9-17(10-6-15)33-19(13-29)27-35-23-21(31)25-26(22(32)24(23)36-27)38-28(37-25)20(14-30)34-18-11-7-16(4-2)8-12-18/h3-12,31-32H,1-2H2. The van der Waals surface area contributed by atoms with Crippen LogP contribution in [0.1, 0.15) is 11.1 Å². The minimum Gasteiger partial charge on any atom is -0.505 e. The number of hydrogen-bond donors (Lipinski definition) is 2. The number of hydrogen-bond acceptors (Lipinski definition) is 10. The van der Waals surface area contributed by atoms with Gasteiger partial charge in [-0.25, -0.2) is 0 Å². The first kappa shape index (κ1) is 26.9. The average Bonchev–Trinajstić information content (AvgIpc) is 3.60. The summed E-state index contributed by atoms with van der Waals surface area (Å²) in [7, 11) is 0. The fraction of sp³-hybridized carbons (Fsp3) is 0. The van der Waals surface area contributed by atoms with E-state index in [9.17, 15) is 20.7 Å². The predicted octanol–water partition coefficient (Wildman–Crippen LogP) is 9.75. The van der Waals surface area contributed by atoms with Crippen molar-refractivity contribution in [3.63, 3.8) is 0 Å². The molecule has 0 unspecified atom stereocenters. The van der Waals surface area contributed by atoms with E-state index in [2.05, 4.69) is 25.3 Å². The number of phenolic OH excluding ortho intramolecular Hbond substituents is 2. The van der Waals surface area contributed by atoms with Crippen LogP contribution in [0.15, 0.2) is 109 Å². The second kappa shape index (κ2) is 11.6. The van der Waals surface area contributed by atoms with Crippen LogP contribution < -0.4 is 0 Å². The molecule has 0 saturated heterocycles. The van der Waals surface area contributed by atoms with E-state index < -0.39 is 0 Å². The number of nitrogens with zero attached hydrogens (tertiary/aromatic N) is 2. The molecule has 5 rings (SSSR count). The van der Waals surface area contributed by atoms with Crippen molar-refractivity contribution in [2.45, 2.75) is 29.4 Å². The quantitative estimate of drug-likeness (QED) is 0.161. The number of phenols is 2. The first-order valence-electron chi connectivity index (χ1n) is 10.9. The molecule has 0 bridgehead atoms. The van der Waals surface area contributed by atoms with Crippen molar-refractivity contribution < 1.29 is 10.2 Å². The van der Waals surface area contributed by atoms with E-state index in [1.165, 1.54) is 70.6 Å². The summed E-state index contributed by atoms with van der Waals surface area (Å²) in [5.74, 6) is 0.117. The van der Waals surface area contributed by atoms with Gasteiger partial charge in [0.1, 0.15) is 33.4 Å². The van der Waals surface area contributed by atoms with E-state index in [1.54, 1.807) is 12.2 Å². The zero-order chi connectivity index (χ0) is 26.8. The molecule has 186 valence electrons. The number of benzene rings is 3. The first-order chi connectivity index (χ1) is 18.4. The highest BCUT2D eigenvalue weighted by Crippen LogP contribution is 2.68. The lowest BCUT2D eigenvalue weighted by Crippen LogP contribution is -1.81. The fourth-order valence-electron chi connectivity index (χ4n) is 3.41. The van der Waals surface area contributed by atoms with Crippen LogP contribution in [0.4, 0.5) is 0 Å². The van der Waals surface area contributed by atoms with Crippen molar-refractivity contribution in [2.75, 3.05) is 0 Å². The molecule has 0 aliphatic carbocycles. The molecule has 0 fully saturated rings. The van der Waals surface area contributed by atoms with Gasteiger partial charge in [0.2, 0.25) is 0 Å². The Balaban J connectivity index is 1.42. The highest BCUT2D eigenvalue weighted by Gasteiger charge is 2.37. The van der Waals surface area contributed by atoms with Crippen LogP contribution in [0, 0.1) is 22.7 Å². The van der Waals surface area contributed by atoms with Crippen LogP contribution >= 0.6 is 70.6 Å². The van der Waals surface area contributed by atoms with Crippen molar-refractivity contribution in [2.24, 2.45) is 0 Å². The third kappa shape index (κ3) is 5.26. The van der Waals surface area contributed by atoms with Crippen molar-refractivity contribution in [3.05, 3.63) is 91.1 Å². The highest BCUT2D eigenvalue weighted by atomic mass is 32.2. The van der Waals surface area contributed by atoms with Crippen molar-refractivity contribution in [3.8, 4) is 23.6 Å². The molecule has 0 spiro atoms. The zero-order valence-corrected chi connectivity index (χ0v) is 24.3. The van der Waals surface area contributed by atoms with Crippen LogP contribution in [0.3, 0.4) is 0 Å². The predicted molar refractivity (Wildman–Crippen MR) is 163 cm³/mol. The largest absolute Gasteiger partial charge is 0.505 e. The molecule has 2 heterocycles. The van der Waals surface area contributed by atoms with Gasteiger partial charge in [0.25, 0.3) is 0 Å². The second-order valence-electron chi connectivity index (χ2n) is 7.63. The van der Waals surface area contributed by atoms with Crippen LogP contribution in [0.5, 0.6) is 11.5 Å². The molecule has 38 heavy (non-hydrogen) atoms. The first-order valence-corrected chi connectivity index (χ1v) is 15.8. The van der Waals surface area contributed by atoms with E-state index in [0.717, 1.165) is 20.9 Å². The molecule has 2 aliphatic rings. The average molecular weight is 605 g/mol. The van der Waals surface area contributed by atoms with Gasteiger partial charge in [-0.2, -0.15) is 10.5 Å². The Kier molecular flexibility index (Phi) is 8.20. The Morgan fingerprint density at radius 2 is 0.947 bits per heavy atom. The molecule has 0 radical (unpaired) electrons. The monoisotopic (exact) mass is 604 g/mol. The van der Waals surface area contributed by atoms with Gasteiger partial charge in [0.15, 0.2) is 0 Å². The molecule has 0 amide bonds. The van der Waals surface area contributed by atoms with Gasteiger partial charge in [-0.05, 0) is 35.4 Å². The summed E-state index contributed by atoms with van der Waals surface area (Å²) in [4.78, 5) is 4.91. The van der Waals surface area contributed by atoms with E-state index in [1.807, 2.05) is 48.5 Å². The summed E-state index contributed by atoms with van der Waals surface area (Å²) in [6.45, 7) is 7.52. The van der Waals surface area contributed by atoms with E-state index in [-0.39, 0.29) is 11.5 Å². The third-order valence-corrected chi connectivity index (χ3v) is 13.1. The van der Waals surface area contributed by atoms with E-state index >= 15 is 0 Å². The lowest BCUT2D eigenvalue weighted by atomic mass is 10.2. The minimum absolute atomic E-state index is 0.0584. The third-order valence-electron chi connectivity index (χ3n) is 5.30. The molecular formula is C28H16N2O2S6. The Hall–Kier alpha value is -2.70. The highest BCUT2D eigenvalue weighted by molar-refractivity contribution is 8.26. The summed E-state index contributed by atoms with van der Waals surface area (Å²) in [5.41, 5.74) is 1.99. The lowest BCUT2D eigenvalue weighted by Gasteiger charge is -2.08. The molecule has 0 atom stereocenters. The summed E-state index contributed by atoms with van der Waals surface area (Å²) < 4.78 is 1.41. The van der Waals surface area contributed by atoms with Gasteiger partial charge in [-0.15, -0.1) is 0 Å². The van der Waals surface area contributed by atoms with Crippen LogP contribution in [0.25, 0.3) is 12.2 Å². The Bertz CT molecular complexity index is 1460. The molecule has 3 aromatic rings. The fourth-order valence-corrected chi connectivity index (χ4v) is 10.5. The topological polar surface area (TPSA) is 88.0 Å². The zero-order valence-electron chi connectivity index (χ0n) is 19.4. The minimum atomic E-state index is 0.0584. The summed E-state index contributed by atoms with van der Waals surface area (Å²) in [6, 6.07) is 20.0. The number of allylic oxidation sites excluding steroid dienone is 2. The van der Waals surface area contributed by atoms with Gasteiger partial charge < -0.3 is 10.2 Å². The Labute approximate surface area is 246 Å². The molecular weight excluding hydrogens is 589 g/mol. The number of fused-ring (bicyclic) bond motifs is 2. The van der Waals surface area contributed by atoms with Crippen molar-refractivity contribution >= 4 is 82.7 Å². The summed E-state index contributed by atoms with van der Waals surface area (Å²) >= 11 is 7.81. The maximum absolute atomic E-state index is 11.2. The van der Waals surface area contributed by atoms with Gasteiger partial charge in [-0.3, -0.25) is 0 Å². The summed E-state index contributed by atoms with van der Waals surface area (Å²) in [6.07, 6.45) is 3.52. The molecule has 0 saturated carbocycles. The van der Waals surface area contributed by atoms with Crippen LogP contribution in [0.2, 0.25) is 0 Å². The lowest BCUT2D eigenvalue weighted by molar-refractivity contribution is 0.411. The smallest absolute Gasteiger partial charge is 0.146 e. The normalized spacial score (nSPS) is 13.3. The summed E-state index contributed by atoms with van der Waals surface area (Å²) in [5, 5.41) is 42.1. The van der Waals surface area contributed by atoms with Gasteiger partial charge in [0, 0.05) is 9.79 Å². The number of nitriles is 2. The number of thioether (sulfide) groups is 6. The molecule has 2 N–H and O–H groups in total. The Morgan fingerprint density at radius 3 is 1.21 bits per heavy atom. The van der Waals surface area contributed by atoms with Gasteiger partial charge in [-0.1, -0.05) is 120 Å². The molecule has 0 aromatic heterocycles. The van der Waals surface area contributed by atoms with Crippen molar-refractivity contribution in [1.82, 2.24) is 0 Å². The molecule has 2 aliphatic heterocycles. The second-order valence-corrected chi connectivity index (χ2v) is 14.4. The van der Waals surface area contributed by atoms with Gasteiger partial charge in [0.05, 0.1) is 28.1 Å². The Morgan fingerprint density at radius 1 is 0.632 bits per heavy atom. The maximum Gasteiger partial charge on any atom is 0.146 e. The molecule has 3 aromatic carbocycles. The van der Waals surface area contributed by atoms with Crippen molar-refractivity contribution in [1.29, 1.82) is 10.5 Å². The SMILES string of the molecule is C=Cc1ccc(SC(C#N)=C2Sc3c(O)c4c(c(O)c3S2)SC(=C(C#N)Sc2ccc(C=C)cc2)S4)cc1. The number of rotatable bonds is 6. The van der Waals surface area contributed by atoms with Crippen LogP contribution in [-0.4, -0.2) is 10.2 Å². The molecule has 4 nitrogen and oxygen atoms in total. The van der Waals surface area contributed by atoms with E-state index in [0.29, 0.717) is 37.9 Å². The number of aromatic hydroxyl groups is 2. The van der Waals surface area contributed by atoms with E-state index in [4.69, 9.17) is 0 Å². The van der Waals surface area contributed by atoms with Gasteiger partial charge >= 0.3 is 0 Å². The molecule has 10 heteroatoms. The van der Waals surface area contributed by atoms with Crippen LogP contribution in [-0.2, 0) is 0 Å². The maximum atomic E-state index is 11.2.